The molecule has 3 heteroatoms. The van der Waals surface area contributed by atoms with E-state index in [1.165, 1.54) is 11.1 Å². The molecule has 2 N–H and O–H groups in total. The van der Waals surface area contributed by atoms with E-state index in [-0.39, 0.29) is 11.5 Å². The number of allylic oxidation sites excluding steroid dienone is 2. The highest BCUT2D eigenvalue weighted by Crippen LogP contribution is 2.39. The zero-order valence-electron chi connectivity index (χ0n) is 10.4. The lowest BCUT2D eigenvalue weighted by atomic mass is 9.86. The van der Waals surface area contributed by atoms with Gasteiger partial charge in [0.1, 0.15) is 0 Å². The molecule has 1 aromatic rings. The zero-order chi connectivity index (χ0) is 12.7. The number of hydrogen-bond donors (Lipinski definition) is 2. The number of benzene rings is 1. The molecule has 18 heavy (non-hydrogen) atoms. The third kappa shape index (κ3) is 1.81. The predicted octanol–water partition coefficient (Wildman–Crippen LogP) is 2.38. The van der Waals surface area contributed by atoms with Gasteiger partial charge in [-0.1, -0.05) is 18.2 Å². The summed E-state index contributed by atoms with van der Waals surface area (Å²) in [6.07, 6.45) is 5.45. The maximum Gasteiger partial charge on any atom is 0.157 e. The number of hydrogen-bond acceptors (Lipinski definition) is 3. The number of phenols is 2. The highest BCUT2D eigenvalue weighted by Gasteiger charge is 2.27. The Labute approximate surface area is 107 Å². The largest absolute Gasteiger partial charge is 0.504 e. The summed E-state index contributed by atoms with van der Waals surface area (Å²) in [6.45, 7) is 1.98. The molecule has 1 aliphatic carbocycles. The molecule has 3 rings (SSSR count). The lowest BCUT2D eigenvalue weighted by molar-refractivity contribution is 0.328. The Morgan fingerprint density at radius 1 is 1.22 bits per heavy atom. The average molecular weight is 243 g/mol. The lowest BCUT2D eigenvalue weighted by Gasteiger charge is -2.32. The van der Waals surface area contributed by atoms with Crippen LogP contribution < -0.4 is 0 Å². The topological polar surface area (TPSA) is 43.7 Å². The van der Waals surface area contributed by atoms with Crippen LogP contribution in [0.25, 0.3) is 0 Å². The van der Waals surface area contributed by atoms with Crippen molar-refractivity contribution in [2.24, 2.45) is 0 Å². The average Bonchev–Trinajstić information content (AvgIpc) is 2.79. The number of nitrogens with zero attached hydrogens (tertiary/aromatic N) is 1. The number of likely N-dealkylation sites (N-methyl/N-ethyl adjacent to an activating group) is 1. The van der Waals surface area contributed by atoms with Crippen LogP contribution in [0.3, 0.4) is 0 Å². The van der Waals surface area contributed by atoms with E-state index in [2.05, 4.69) is 24.1 Å². The van der Waals surface area contributed by atoms with Crippen molar-refractivity contribution in [2.45, 2.75) is 12.3 Å². The molecule has 1 atom stereocenters. The third-order valence-electron chi connectivity index (χ3n) is 3.80. The van der Waals surface area contributed by atoms with Crippen LogP contribution in [-0.4, -0.2) is 35.3 Å². The summed E-state index contributed by atoms with van der Waals surface area (Å²) in [5, 5.41) is 19.0. The van der Waals surface area contributed by atoms with Crippen LogP contribution in [0.1, 0.15) is 17.9 Å². The lowest BCUT2D eigenvalue weighted by Crippen LogP contribution is -2.32. The van der Waals surface area contributed by atoms with E-state index in [1.807, 2.05) is 6.07 Å². The Balaban J connectivity index is 2.01. The smallest absolute Gasteiger partial charge is 0.157 e. The molecule has 2 aliphatic rings. The molecule has 0 aromatic heterocycles. The minimum Gasteiger partial charge on any atom is -0.504 e. The van der Waals surface area contributed by atoms with E-state index in [4.69, 9.17) is 0 Å². The van der Waals surface area contributed by atoms with Crippen LogP contribution in [0.5, 0.6) is 11.5 Å². The summed E-state index contributed by atoms with van der Waals surface area (Å²) in [4.78, 5) is 2.31. The summed E-state index contributed by atoms with van der Waals surface area (Å²) in [5.74, 6) is 0.202. The number of aromatic hydroxyl groups is 2. The predicted molar refractivity (Wildman–Crippen MR) is 70.8 cm³/mol. The first-order chi connectivity index (χ1) is 8.65. The van der Waals surface area contributed by atoms with E-state index < -0.39 is 0 Å². The quantitative estimate of drug-likeness (QED) is 0.744. The molecule has 0 bridgehead atoms. The highest BCUT2D eigenvalue weighted by molar-refractivity contribution is 5.49. The second-order valence-electron chi connectivity index (χ2n) is 5.16. The molecule has 3 nitrogen and oxygen atoms in total. The minimum absolute atomic E-state index is 0.0372. The normalized spacial score (nSPS) is 23.5. The van der Waals surface area contributed by atoms with Gasteiger partial charge in [0, 0.05) is 19.0 Å². The monoisotopic (exact) mass is 243 g/mol. The molecule has 1 heterocycles. The Kier molecular flexibility index (Phi) is 2.63. The molecule has 94 valence electrons. The van der Waals surface area contributed by atoms with Crippen molar-refractivity contribution >= 4 is 0 Å². The Morgan fingerprint density at radius 3 is 2.83 bits per heavy atom. The van der Waals surface area contributed by atoms with Crippen molar-refractivity contribution in [2.75, 3.05) is 20.1 Å². The van der Waals surface area contributed by atoms with Crippen LogP contribution in [-0.2, 0) is 0 Å². The van der Waals surface area contributed by atoms with Crippen molar-refractivity contribution in [3.05, 3.63) is 47.1 Å². The Morgan fingerprint density at radius 2 is 2.06 bits per heavy atom. The standard InChI is InChI=1S/C15H17NO2/c1-16-8-11-3-2-4-12(11)13(9-16)10-5-6-14(17)15(18)7-10/h2,4-7,13,17-18H,3,8-9H2,1H3. The van der Waals surface area contributed by atoms with Crippen LogP contribution >= 0.6 is 0 Å². The van der Waals surface area contributed by atoms with Gasteiger partial charge in [-0.25, -0.2) is 0 Å². The van der Waals surface area contributed by atoms with Gasteiger partial charge in [0.25, 0.3) is 0 Å². The SMILES string of the molecule is CN1CC2=C(C=CC2)C(c2ccc(O)c(O)c2)C1. The van der Waals surface area contributed by atoms with E-state index in [1.54, 1.807) is 12.1 Å². The molecule has 0 radical (unpaired) electrons. The fourth-order valence-electron chi connectivity index (χ4n) is 2.92. The van der Waals surface area contributed by atoms with Crippen molar-refractivity contribution in [3.8, 4) is 11.5 Å². The van der Waals surface area contributed by atoms with E-state index >= 15 is 0 Å². The van der Waals surface area contributed by atoms with Gasteiger partial charge in [-0.2, -0.15) is 0 Å². The summed E-state index contributed by atoms with van der Waals surface area (Å²) >= 11 is 0. The summed E-state index contributed by atoms with van der Waals surface area (Å²) in [7, 11) is 2.12. The second-order valence-corrected chi connectivity index (χ2v) is 5.16. The van der Waals surface area contributed by atoms with Gasteiger partial charge in [-0.15, -0.1) is 0 Å². The van der Waals surface area contributed by atoms with Crippen LogP contribution in [0, 0.1) is 0 Å². The fraction of sp³-hybridized carbons (Fsp3) is 0.333. The highest BCUT2D eigenvalue weighted by atomic mass is 16.3. The van der Waals surface area contributed by atoms with Gasteiger partial charge < -0.3 is 15.1 Å². The maximum absolute atomic E-state index is 9.64. The number of phenolic OH excluding ortho intramolecular Hbond substituents is 2. The van der Waals surface area contributed by atoms with Crippen molar-refractivity contribution in [1.29, 1.82) is 0 Å². The van der Waals surface area contributed by atoms with E-state index in [0.29, 0.717) is 5.92 Å². The molecule has 1 aromatic carbocycles. The van der Waals surface area contributed by atoms with Gasteiger partial charge in [0.2, 0.25) is 0 Å². The molecule has 0 spiro atoms. The molecular formula is C15H17NO2. The first kappa shape index (κ1) is 11.4. The van der Waals surface area contributed by atoms with Crippen molar-refractivity contribution in [3.63, 3.8) is 0 Å². The van der Waals surface area contributed by atoms with Gasteiger partial charge in [-0.3, -0.25) is 0 Å². The fourth-order valence-corrected chi connectivity index (χ4v) is 2.92. The minimum atomic E-state index is -0.0564. The van der Waals surface area contributed by atoms with Gasteiger partial charge in [0.15, 0.2) is 11.5 Å². The third-order valence-corrected chi connectivity index (χ3v) is 3.80. The summed E-state index contributed by atoms with van der Waals surface area (Å²) < 4.78 is 0. The molecule has 1 unspecified atom stereocenters. The first-order valence-corrected chi connectivity index (χ1v) is 6.24. The van der Waals surface area contributed by atoms with Crippen molar-refractivity contribution < 1.29 is 10.2 Å². The molecule has 1 aliphatic heterocycles. The Bertz CT molecular complexity index is 545. The van der Waals surface area contributed by atoms with Crippen LogP contribution in [0.2, 0.25) is 0 Å². The van der Waals surface area contributed by atoms with Gasteiger partial charge in [-0.05, 0) is 42.3 Å². The molecular weight excluding hydrogens is 226 g/mol. The molecule has 0 saturated carbocycles. The van der Waals surface area contributed by atoms with Gasteiger partial charge in [0.05, 0.1) is 0 Å². The summed E-state index contributed by atoms with van der Waals surface area (Å²) in [5.41, 5.74) is 3.93. The van der Waals surface area contributed by atoms with Crippen LogP contribution in [0.4, 0.5) is 0 Å². The van der Waals surface area contributed by atoms with Gasteiger partial charge >= 0.3 is 0 Å². The second kappa shape index (κ2) is 4.18. The zero-order valence-corrected chi connectivity index (χ0v) is 10.4. The molecule has 0 fully saturated rings. The molecule has 0 saturated heterocycles. The van der Waals surface area contributed by atoms with Crippen molar-refractivity contribution in [1.82, 2.24) is 4.90 Å². The molecule has 0 amide bonds. The number of rotatable bonds is 1. The maximum atomic E-state index is 9.64. The van der Waals surface area contributed by atoms with Crippen LogP contribution in [0.15, 0.2) is 41.5 Å². The van der Waals surface area contributed by atoms with E-state index in [9.17, 15) is 10.2 Å². The Hall–Kier alpha value is -1.74. The summed E-state index contributed by atoms with van der Waals surface area (Å²) in [6, 6.07) is 5.14. The first-order valence-electron chi connectivity index (χ1n) is 6.24. The van der Waals surface area contributed by atoms with E-state index in [0.717, 1.165) is 25.1 Å².